The van der Waals surface area contributed by atoms with Gasteiger partial charge < -0.3 is 14.9 Å². The fourth-order valence-electron chi connectivity index (χ4n) is 4.35. The smallest absolute Gasteiger partial charge is 0.137 e. The molecule has 6 heteroatoms. The molecule has 2 N–H and O–H groups in total. The Morgan fingerprint density at radius 2 is 1.81 bits per heavy atom. The van der Waals surface area contributed by atoms with Gasteiger partial charge in [0.05, 0.1) is 16.8 Å². The number of aryl methyl sites for hydroxylation is 1. The molecule has 3 heterocycles. The molecule has 1 aliphatic rings. The lowest BCUT2D eigenvalue weighted by Gasteiger charge is -2.32. The van der Waals surface area contributed by atoms with Crippen LogP contribution in [0.3, 0.4) is 0 Å². The number of pyridine rings is 1. The number of benzene rings is 2. The number of nitrogens with zero attached hydrogens (tertiary/aromatic N) is 2. The maximum atomic E-state index is 11.1. The number of imidazole rings is 1. The Balaban J connectivity index is 1.53. The first-order chi connectivity index (χ1) is 15.2. The Morgan fingerprint density at radius 1 is 1.06 bits per heavy atom. The highest BCUT2D eigenvalue weighted by Gasteiger charge is 2.31. The van der Waals surface area contributed by atoms with Crippen LogP contribution >= 0.6 is 11.8 Å². The molecule has 0 spiro atoms. The van der Waals surface area contributed by atoms with Crippen molar-refractivity contribution in [3.05, 3.63) is 71.5 Å². The minimum Gasteiger partial charge on any atom is -0.385 e. The second-order valence-corrected chi connectivity index (χ2v) is 10.3. The summed E-state index contributed by atoms with van der Waals surface area (Å²) in [6.07, 6.45) is 3.17. The van der Waals surface area contributed by atoms with E-state index >= 15 is 0 Å². The molecule has 2 aromatic carbocycles. The lowest BCUT2D eigenvalue weighted by atomic mass is 9.87. The van der Waals surface area contributed by atoms with Crippen LogP contribution in [0.5, 0.6) is 0 Å². The third kappa shape index (κ3) is 3.92. The molecule has 0 aliphatic carbocycles. The maximum Gasteiger partial charge on any atom is 0.137 e. The monoisotopic (exact) mass is 448 g/mol. The molecule has 0 unspecified atom stereocenters. The lowest BCUT2D eigenvalue weighted by Crippen LogP contribution is -2.33. The van der Waals surface area contributed by atoms with Crippen molar-refractivity contribution in [3.63, 3.8) is 0 Å². The summed E-state index contributed by atoms with van der Waals surface area (Å²) in [6, 6.07) is 16.7. The Kier molecular flexibility index (Phi) is 5.29. The van der Waals surface area contributed by atoms with E-state index in [2.05, 4.69) is 52.7 Å². The maximum absolute atomic E-state index is 11.1. The van der Waals surface area contributed by atoms with E-state index < -0.39 is 11.2 Å². The summed E-state index contributed by atoms with van der Waals surface area (Å²) in [5.74, 6) is 0. The molecule has 4 aromatic rings. The number of aromatic nitrogens is 2. The van der Waals surface area contributed by atoms with Crippen molar-refractivity contribution in [2.75, 3.05) is 13.2 Å². The fraction of sp³-hybridized carbons (Fsp3) is 0.346. The van der Waals surface area contributed by atoms with E-state index in [1.165, 1.54) is 0 Å². The van der Waals surface area contributed by atoms with Gasteiger partial charge in [-0.15, -0.1) is 0 Å². The van der Waals surface area contributed by atoms with Crippen molar-refractivity contribution in [1.82, 2.24) is 9.38 Å². The van der Waals surface area contributed by atoms with Gasteiger partial charge in [-0.05, 0) is 62.2 Å². The minimum atomic E-state index is -0.997. The SMILES string of the molecule is Cc1cc2nc(C(C)(C)O)cn2c2cc(Sc3cccc(C4(O)CCOCC4)c3)ccc12. The van der Waals surface area contributed by atoms with Crippen LogP contribution in [-0.4, -0.2) is 32.8 Å². The number of rotatable bonds is 4. The molecular weight excluding hydrogens is 420 g/mol. The summed E-state index contributed by atoms with van der Waals surface area (Å²) in [5.41, 5.74) is 2.84. The van der Waals surface area contributed by atoms with Crippen molar-refractivity contribution in [2.45, 2.75) is 54.6 Å². The normalized spacial score (nSPS) is 16.7. The summed E-state index contributed by atoms with van der Waals surface area (Å²) in [5, 5.41) is 22.7. The zero-order valence-corrected chi connectivity index (χ0v) is 19.4. The summed E-state index contributed by atoms with van der Waals surface area (Å²) >= 11 is 1.68. The topological polar surface area (TPSA) is 67.0 Å². The van der Waals surface area contributed by atoms with Gasteiger partial charge in [0.1, 0.15) is 11.2 Å². The molecule has 32 heavy (non-hydrogen) atoms. The zero-order chi connectivity index (χ0) is 22.5. The van der Waals surface area contributed by atoms with Gasteiger partial charge in [-0.3, -0.25) is 4.40 Å². The van der Waals surface area contributed by atoms with Gasteiger partial charge in [0.25, 0.3) is 0 Å². The zero-order valence-electron chi connectivity index (χ0n) is 18.6. The Labute approximate surface area is 192 Å². The van der Waals surface area contributed by atoms with Crippen LogP contribution in [0.1, 0.15) is 43.5 Å². The molecule has 5 nitrogen and oxygen atoms in total. The molecule has 0 radical (unpaired) electrons. The second-order valence-electron chi connectivity index (χ2n) is 9.19. The van der Waals surface area contributed by atoms with Gasteiger partial charge in [0.2, 0.25) is 0 Å². The van der Waals surface area contributed by atoms with Gasteiger partial charge >= 0.3 is 0 Å². The summed E-state index contributed by atoms with van der Waals surface area (Å²) in [7, 11) is 0. The van der Waals surface area contributed by atoms with Crippen LogP contribution in [0.2, 0.25) is 0 Å². The minimum absolute atomic E-state index is 0.589. The molecule has 0 amide bonds. The number of ether oxygens (including phenoxy) is 1. The lowest BCUT2D eigenvalue weighted by molar-refractivity contribution is -0.0680. The molecule has 0 bridgehead atoms. The predicted molar refractivity (Wildman–Crippen MR) is 127 cm³/mol. The Bertz CT molecular complexity index is 1300. The highest BCUT2D eigenvalue weighted by Crippen LogP contribution is 2.37. The first-order valence-corrected chi connectivity index (χ1v) is 11.8. The van der Waals surface area contributed by atoms with Gasteiger partial charge in [-0.25, -0.2) is 4.98 Å². The van der Waals surface area contributed by atoms with Crippen molar-refractivity contribution in [2.24, 2.45) is 0 Å². The summed E-state index contributed by atoms with van der Waals surface area (Å²) in [6.45, 7) is 6.78. The number of fused-ring (bicyclic) bond motifs is 3. The molecule has 1 aliphatic heterocycles. The molecule has 0 saturated carbocycles. The van der Waals surface area contributed by atoms with Gasteiger partial charge in [0.15, 0.2) is 0 Å². The standard InChI is InChI=1S/C26H28N2O3S/c1-17-13-24-27-23(25(2,3)29)16-28(24)22-15-20(7-8-21(17)22)32-19-6-4-5-18(14-19)26(30)9-11-31-12-10-26/h4-8,13-16,29-30H,9-12H2,1-3H3. The molecular formula is C26H28N2O3S. The van der Waals surface area contributed by atoms with Crippen LogP contribution in [0.4, 0.5) is 0 Å². The van der Waals surface area contributed by atoms with Gasteiger partial charge in [-0.2, -0.15) is 0 Å². The molecule has 1 fully saturated rings. The van der Waals surface area contributed by atoms with Gasteiger partial charge in [0, 0.05) is 47.4 Å². The Hall–Kier alpha value is -2.38. The molecule has 2 aromatic heterocycles. The highest BCUT2D eigenvalue weighted by molar-refractivity contribution is 7.99. The van der Waals surface area contributed by atoms with Crippen molar-refractivity contribution >= 4 is 28.3 Å². The highest BCUT2D eigenvalue weighted by atomic mass is 32.2. The summed E-state index contributed by atoms with van der Waals surface area (Å²) in [4.78, 5) is 6.85. The molecule has 0 atom stereocenters. The average molecular weight is 449 g/mol. The number of hydrogen-bond donors (Lipinski definition) is 2. The van der Waals surface area contributed by atoms with E-state index in [9.17, 15) is 10.2 Å². The van der Waals surface area contributed by atoms with E-state index in [0.717, 1.165) is 37.5 Å². The third-order valence-corrected chi connectivity index (χ3v) is 7.27. The van der Waals surface area contributed by atoms with Crippen LogP contribution in [0.25, 0.3) is 16.6 Å². The fourth-order valence-corrected chi connectivity index (χ4v) is 5.26. The predicted octanol–water partition coefficient (Wildman–Crippen LogP) is 5.17. The van der Waals surface area contributed by atoms with Crippen LogP contribution in [-0.2, 0) is 15.9 Å². The van der Waals surface area contributed by atoms with E-state index in [1.807, 2.05) is 18.3 Å². The Morgan fingerprint density at radius 3 is 2.56 bits per heavy atom. The van der Waals surface area contributed by atoms with Crippen molar-refractivity contribution < 1.29 is 14.9 Å². The molecule has 1 saturated heterocycles. The first kappa shape index (κ1) is 21.5. The average Bonchev–Trinajstić information content (AvgIpc) is 3.19. The van der Waals surface area contributed by atoms with Gasteiger partial charge in [-0.1, -0.05) is 30.0 Å². The first-order valence-electron chi connectivity index (χ1n) is 11.0. The quantitative estimate of drug-likeness (QED) is 0.451. The second kappa shape index (κ2) is 7.89. The third-order valence-electron chi connectivity index (χ3n) is 6.29. The number of aliphatic hydroxyl groups is 2. The molecule has 166 valence electrons. The number of hydrogen-bond acceptors (Lipinski definition) is 5. The van der Waals surface area contributed by atoms with Crippen LogP contribution in [0, 0.1) is 6.92 Å². The van der Waals surface area contributed by atoms with Crippen molar-refractivity contribution in [3.8, 4) is 0 Å². The largest absolute Gasteiger partial charge is 0.385 e. The van der Waals surface area contributed by atoms with Crippen LogP contribution < -0.4 is 0 Å². The van der Waals surface area contributed by atoms with E-state index in [0.29, 0.717) is 31.7 Å². The summed E-state index contributed by atoms with van der Waals surface area (Å²) < 4.78 is 7.49. The van der Waals surface area contributed by atoms with Crippen LogP contribution in [0.15, 0.2) is 64.5 Å². The molecule has 5 rings (SSSR count). The van der Waals surface area contributed by atoms with E-state index in [-0.39, 0.29) is 0 Å². The van der Waals surface area contributed by atoms with Crippen molar-refractivity contribution in [1.29, 1.82) is 0 Å². The van der Waals surface area contributed by atoms with E-state index in [1.54, 1.807) is 25.6 Å². The van der Waals surface area contributed by atoms with E-state index in [4.69, 9.17) is 4.74 Å².